The van der Waals surface area contributed by atoms with Gasteiger partial charge in [-0.15, -0.1) is 0 Å². The molecule has 0 fully saturated rings. The van der Waals surface area contributed by atoms with Crippen LogP contribution in [0.15, 0.2) is 18.2 Å². The molecule has 4 heteroatoms. The summed E-state index contributed by atoms with van der Waals surface area (Å²) in [6, 6.07) is 4.15. The van der Waals surface area contributed by atoms with Gasteiger partial charge in [0.15, 0.2) is 0 Å². The molecule has 0 saturated heterocycles. The van der Waals surface area contributed by atoms with E-state index in [2.05, 4.69) is 38.2 Å². The first-order valence-corrected chi connectivity index (χ1v) is 7.30. The molecule has 0 saturated carbocycles. The summed E-state index contributed by atoms with van der Waals surface area (Å²) in [5, 5.41) is 3.29. The van der Waals surface area contributed by atoms with E-state index >= 15 is 0 Å². The van der Waals surface area contributed by atoms with Gasteiger partial charge >= 0.3 is 0 Å². The number of nitrogens with zero attached hydrogens (tertiary/aromatic N) is 1. The van der Waals surface area contributed by atoms with Crippen molar-refractivity contribution >= 4 is 0 Å². The Morgan fingerprint density at radius 3 is 2.30 bits per heavy atom. The van der Waals surface area contributed by atoms with E-state index in [1.165, 1.54) is 12.1 Å². The first kappa shape index (κ1) is 17.1. The van der Waals surface area contributed by atoms with Crippen LogP contribution in [0.4, 0.5) is 8.78 Å². The highest BCUT2D eigenvalue weighted by atomic mass is 19.1. The highest BCUT2D eigenvalue weighted by Gasteiger charge is 2.20. The molecule has 0 amide bonds. The van der Waals surface area contributed by atoms with Crippen molar-refractivity contribution in [2.24, 2.45) is 5.92 Å². The van der Waals surface area contributed by atoms with Crippen LogP contribution in [0.1, 0.15) is 32.3 Å². The fourth-order valence-electron chi connectivity index (χ4n) is 2.62. The first-order valence-electron chi connectivity index (χ1n) is 7.30. The van der Waals surface area contributed by atoms with Crippen LogP contribution >= 0.6 is 0 Å². The molecule has 1 aromatic rings. The van der Waals surface area contributed by atoms with Gasteiger partial charge in [-0.3, -0.25) is 0 Å². The van der Waals surface area contributed by atoms with Gasteiger partial charge in [0.1, 0.15) is 11.6 Å². The van der Waals surface area contributed by atoms with Crippen molar-refractivity contribution in [3.05, 3.63) is 35.4 Å². The van der Waals surface area contributed by atoms with E-state index in [0.717, 1.165) is 25.5 Å². The van der Waals surface area contributed by atoms with Gasteiger partial charge < -0.3 is 10.2 Å². The maximum absolute atomic E-state index is 13.5. The number of halogens is 2. The molecule has 0 aromatic heterocycles. The quantitative estimate of drug-likeness (QED) is 0.787. The lowest BCUT2D eigenvalue weighted by atomic mass is 9.93. The predicted molar refractivity (Wildman–Crippen MR) is 79.6 cm³/mol. The lowest BCUT2D eigenvalue weighted by molar-refractivity contribution is 0.193. The SMILES string of the molecule is CCC(CC)C(CNCc1ccc(F)cc1F)N(C)C. The zero-order valence-corrected chi connectivity index (χ0v) is 12.9. The Labute approximate surface area is 121 Å². The van der Waals surface area contributed by atoms with Crippen molar-refractivity contribution in [3.8, 4) is 0 Å². The molecular weight excluding hydrogens is 258 g/mol. The predicted octanol–water partition coefficient (Wildman–Crippen LogP) is 3.42. The molecule has 1 rings (SSSR count). The van der Waals surface area contributed by atoms with E-state index in [0.29, 0.717) is 24.1 Å². The second-order valence-corrected chi connectivity index (χ2v) is 5.47. The normalized spacial score (nSPS) is 13.2. The summed E-state index contributed by atoms with van der Waals surface area (Å²) in [5.74, 6) is -0.397. The third-order valence-electron chi connectivity index (χ3n) is 3.94. The van der Waals surface area contributed by atoms with Gasteiger partial charge in [0, 0.05) is 30.8 Å². The Balaban J connectivity index is 2.56. The van der Waals surface area contributed by atoms with Gasteiger partial charge in [0.05, 0.1) is 0 Å². The largest absolute Gasteiger partial charge is 0.311 e. The van der Waals surface area contributed by atoms with E-state index in [-0.39, 0.29) is 0 Å². The second-order valence-electron chi connectivity index (χ2n) is 5.47. The van der Waals surface area contributed by atoms with Crippen molar-refractivity contribution < 1.29 is 8.78 Å². The Kier molecular flexibility index (Phi) is 7.10. The van der Waals surface area contributed by atoms with Crippen molar-refractivity contribution in [1.29, 1.82) is 0 Å². The summed E-state index contributed by atoms with van der Waals surface area (Å²) in [7, 11) is 4.15. The molecule has 0 heterocycles. The molecule has 1 aromatic carbocycles. The van der Waals surface area contributed by atoms with Crippen molar-refractivity contribution in [2.75, 3.05) is 20.6 Å². The van der Waals surface area contributed by atoms with Crippen molar-refractivity contribution in [2.45, 2.75) is 39.3 Å². The highest BCUT2D eigenvalue weighted by Crippen LogP contribution is 2.16. The molecule has 114 valence electrons. The Bertz CT molecular complexity index is 403. The number of benzene rings is 1. The minimum Gasteiger partial charge on any atom is -0.311 e. The average Bonchev–Trinajstić information content (AvgIpc) is 2.40. The number of hydrogen-bond acceptors (Lipinski definition) is 2. The highest BCUT2D eigenvalue weighted by molar-refractivity contribution is 5.18. The minimum atomic E-state index is -0.533. The summed E-state index contributed by atoms with van der Waals surface area (Å²) in [6.07, 6.45) is 2.26. The van der Waals surface area contributed by atoms with Crippen LogP contribution in [0.5, 0.6) is 0 Å². The van der Waals surface area contributed by atoms with Crippen LogP contribution in [0.2, 0.25) is 0 Å². The maximum Gasteiger partial charge on any atom is 0.130 e. The number of nitrogens with one attached hydrogen (secondary N) is 1. The average molecular weight is 284 g/mol. The van der Waals surface area contributed by atoms with Gasteiger partial charge in [-0.25, -0.2) is 8.78 Å². The number of hydrogen-bond donors (Lipinski definition) is 1. The first-order chi connectivity index (χ1) is 9.49. The molecule has 0 aliphatic carbocycles. The summed E-state index contributed by atoms with van der Waals surface area (Å²) >= 11 is 0. The Hall–Kier alpha value is -1.00. The van der Waals surface area contributed by atoms with E-state index in [9.17, 15) is 8.78 Å². The van der Waals surface area contributed by atoms with Gasteiger partial charge in [0.2, 0.25) is 0 Å². The second kappa shape index (κ2) is 8.32. The molecule has 0 aliphatic heterocycles. The Morgan fingerprint density at radius 2 is 1.80 bits per heavy atom. The third-order valence-corrected chi connectivity index (χ3v) is 3.94. The fraction of sp³-hybridized carbons (Fsp3) is 0.625. The standard InChI is InChI=1S/C16H26F2N2/c1-5-12(6-2)16(20(3)4)11-19-10-13-7-8-14(17)9-15(13)18/h7-9,12,16,19H,5-6,10-11H2,1-4H3. The summed E-state index contributed by atoms with van der Waals surface area (Å²) < 4.78 is 26.4. The van der Waals surface area contributed by atoms with Gasteiger partial charge in [0.25, 0.3) is 0 Å². The summed E-state index contributed by atoms with van der Waals surface area (Å²) in [5.41, 5.74) is 0.508. The monoisotopic (exact) mass is 284 g/mol. The van der Waals surface area contributed by atoms with Crippen LogP contribution in [0.25, 0.3) is 0 Å². The number of likely N-dealkylation sites (N-methyl/N-ethyl adjacent to an activating group) is 1. The van der Waals surface area contributed by atoms with Crippen molar-refractivity contribution in [3.63, 3.8) is 0 Å². The van der Waals surface area contributed by atoms with Crippen LogP contribution < -0.4 is 5.32 Å². The topological polar surface area (TPSA) is 15.3 Å². The van der Waals surface area contributed by atoms with Gasteiger partial charge in [-0.05, 0) is 26.1 Å². The van der Waals surface area contributed by atoms with Gasteiger partial charge in [-0.1, -0.05) is 32.8 Å². The van der Waals surface area contributed by atoms with Crippen LogP contribution in [-0.2, 0) is 6.54 Å². The molecule has 0 aliphatic rings. The smallest absolute Gasteiger partial charge is 0.130 e. The number of rotatable bonds is 8. The lowest BCUT2D eigenvalue weighted by Gasteiger charge is -2.31. The lowest BCUT2D eigenvalue weighted by Crippen LogP contribution is -2.42. The molecule has 2 nitrogen and oxygen atoms in total. The summed E-state index contributed by atoms with van der Waals surface area (Å²) in [4.78, 5) is 2.21. The molecule has 20 heavy (non-hydrogen) atoms. The van der Waals surface area contributed by atoms with Crippen LogP contribution in [0.3, 0.4) is 0 Å². The third kappa shape index (κ3) is 4.84. The van der Waals surface area contributed by atoms with E-state index in [1.54, 1.807) is 0 Å². The Morgan fingerprint density at radius 1 is 1.15 bits per heavy atom. The fourth-order valence-corrected chi connectivity index (χ4v) is 2.62. The molecule has 1 N–H and O–H groups in total. The zero-order valence-electron chi connectivity index (χ0n) is 12.9. The molecule has 1 unspecified atom stereocenters. The molecule has 0 radical (unpaired) electrons. The molecule has 0 spiro atoms. The summed E-state index contributed by atoms with van der Waals surface area (Å²) in [6.45, 7) is 5.63. The van der Waals surface area contributed by atoms with Crippen LogP contribution in [-0.4, -0.2) is 31.6 Å². The van der Waals surface area contributed by atoms with Crippen molar-refractivity contribution in [1.82, 2.24) is 10.2 Å². The minimum absolute atomic E-state index is 0.425. The maximum atomic E-state index is 13.5. The van der Waals surface area contributed by atoms with E-state index < -0.39 is 11.6 Å². The van der Waals surface area contributed by atoms with Crippen LogP contribution in [0, 0.1) is 17.6 Å². The molecule has 0 bridgehead atoms. The van der Waals surface area contributed by atoms with E-state index in [4.69, 9.17) is 0 Å². The van der Waals surface area contributed by atoms with Gasteiger partial charge in [-0.2, -0.15) is 0 Å². The molecular formula is C16H26F2N2. The zero-order chi connectivity index (χ0) is 15.1. The molecule has 1 atom stereocenters. The van der Waals surface area contributed by atoms with E-state index in [1.807, 2.05) is 0 Å².